The van der Waals surface area contributed by atoms with Crippen LogP contribution in [0.15, 0.2) is 42.5 Å². The average molecular weight is 490 g/mol. The third-order valence-corrected chi connectivity index (χ3v) is 8.18. The van der Waals surface area contributed by atoms with Crippen LogP contribution in [-0.4, -0.2) is 31.0 Å². The molecule has 1 heterocycles. The van der Waals surface area contributed by atoms with Crippen molar-refractivity contribution in [1.29, 1.82) is 5.26 Å². The number of rotatable bonds is 7. The van der Waals surface area contributed by atoms with E-state index >= 15 is 0 Å². The van der Waals surface area contributed by atoms with E-state index in [1.165, 1.54) is 6.07 Å². The summed E-state index contributed by atoms with van der Waals surface area (Å²) in [4.78, 5) is 0. The standard InChI is InChI=1S/C24H22F3N3O3S/c25-24(26,27)14-33-18-8-11-20-21(13-28)23(30(22(20)12-18)17-2-1-3-17)15-4-6-16(7-5-15)29-34(31,32)19-9-10-19/h4-8,11-12,17,19,29H,1-3,9-10,14H2. The minimum Gasteiger partial charge on any atom is -0.484 e. The van der Waals surface area contributed by atoms with Crippen molar-refractivity contribution in [3.05, 3.63) is 48.0 Å². The van der Waals surface area contributed by atoms with Gasteiger partial charge in [0.15, 0.2) is 6.61 Å². The van der Waals surface area contributed by atoms with Crippen molar-refractivity contribution in [3.63, 3.8) is 0 Å². The fraction of sp³-hybridized carbons (Fsp3) is 0.375. The lowest BCUT2D eigenvalue weighted by molar-refractivity contribution is -0.153. The van der Waals surface area contributed by atoms with Crippen molar-refractivity contribution in [2.24, 2.45) is 0 Å². The number of nitrogens with one attached hydrogen (secondary N) is 1. The predicted octanol–water partition coefficient (Wildman–Crippen LogP) is 5.75. The summed E-state index contributed by atoms with van der Waals surface area (Å²) in [6.45, 7) is -1.39. The summed E-state index contributed by atoms with van der Waals surface area (Å²) < 4.78 is 71.9. The van der Waals surface area contributed by atoms with Gasteiger partial charge >= 0.3 is 6.18 Å². The van der Waals surface area contributed by atoms with E-state index in [1.807, 2.05) is 4.57 Å². The lowest BCUT2D eigenvalue weighted by Gasteiger charge is -2.30. The Bertz CT molecular complexity index is 1380. The van der Waals surface area contributed by atoms with E-state index in [0.717, 1.165) is 24.8 Å². The first-order chi connectivity index (χ1) is 16.2. The van der Waals surface area contributed by atoms with Crippen molar-refractivity contribution >= 4 is 26.6 Å². The molecule has 3 aromatic rings. The second-order valence-corrected chi connectivity index (χ2v) is 10.8. The maximum absolute atomic E-state index is 12.6. The first-order valence-corrected chi connectivity index (χ1v) is 12.6. The molecule has 0 aliphatic heterocycles. The fourth-order valence-electron chi connectivity index (χ4n) is 4.29. The molecule has 34 heavy (non-hydrogen) atoms. The molecule has 1 N–H and O–H groups in total. The second-order valence-electron chi connectivity index (χ2n) is 8.80. The number of benzene rings is 2. The molecule has 0 radical (unpaired) electrons. The highest BCUT2D eigenvalue weighted by molar-refractivity contribution is 7.93. The number of aromatic nitrogens is 1. The van der Waals surface area contributed by atoms with Crippen LogP contribution in [0.25, 0.3) is 22.2 Å². The molecule has 2 aromatic carbocycles. The maximum Gasteiger partial charge on any atom is 0.422 e. The van der Waals surface area contributed by atoms with Crippen LogP contribution >= 0.6 is 0 Å². The van der Waals surface area contributed by atoms with Gasteiger partial charge in [-0.2, -0.15) is 18.4 Å². The molecule has 2 saturated carbocycles. The minimum atomic E-state index is -4.45. The van der Waals surface area contributed by atoms with Crippen LogP contribution in [0.5, 0.6) is 5.75 Å². The van der Waals surface area contributed by atoms with Gasteiger partial charge in [0.2, 0.25) is 10.0 Å². The van der Waals surface area contributed by atoms with E-state index in [-0.39, 0.29) is 17.0 Å². The first kappa shape index (κ1) is 22.6. The van der Waals surface area contributed by atoms with E-state index in [4.69, 9.17) is 4.74 Å². The Morgan fingerprint density at radius 1 is 1.09 bits per heavy atom. The zero-order valence-corrected chi connectivity index (χ0v) is 18.9. The summed E-state index contributed by atoms with van der Waals surface area (Å²) in [5.41, 5.74) is 2.92. The summed E-state index contributed by atoms with van der Waals surface area (Å²) in [6, 6.07) is 13.8. The largest absolute Gasteiger partial charge is 0.484 e. The third kappa shape index (κ3) is 4.32. The highest BCUT2D eigenvalue weighted by Gasteiger charge is 2.36. The quantitative estimate of drug-likeness (QED) is 0.458. The molecule has 178 valence electrons. The van der Waals surface area contributed by atoms with Crippen molar-refractivity contribution < 1.29 is 26.3 Å². The number of nitrogens with zero attached hydrogens (tertiary/aromatic N) is 2. The van der Waals surface area contributed by atoms with Crippen LogP contribution in [0.1, 0.15) is 43.7 Å². The van der Waals surface area contributed by atoms with Crippen molar-refractivity contribution in [1.82, 2.24) is 4.57 Å². The number of halogens is 3. The normalized spacial score (nSPS) is 16.8. The first-order valence-electron chi connectivity index (χ1n) is 11.1. The highest BCUT2D eigenvalue weighted by Crippen LogP contribution is 2.43. The molecule has 2 aliphatic rings. The molecule has 1 aromatic heterocycles. The van der Waals surface area contributed by atoms with Crippen molar-refractivity contribution in [3.8, 4) is 23.1 Å². The molecular formula is C24H22F3N3O3S. The zero-order chi connectivity index (χ0) is 24.1. The van der Waals surface area contributed by atoms with E-state index < -0.39 is 22.8 Å². The molecule has 10 heteroatoms. The van der Waals surface area contributed by atoms with Gasteiger partial charge in [0, 0.05) is 23.2 Å². The van der Waals surface area contributed by atoms with Crippen LogP contribution < -0.4 is 9.46 Å². The number of ether oxygens (including phenoxy) is 1. The second kappa shape index (κ2) is 8.24. The van der Waals surface area contributed by atoms with Gasteiger partial charge in [0.1, 0.15) is 11.8 Å². The average Bonchev–Trinajstić information content (AvgIpc) is 3.56. The summed E-state index contributed by atoms with van der Waals surface area (Å²) in [6.07, 6.45) is -0.304. The molecular weight excluding hydrogens is 467 g/mol. The molecule has 5 rings (SSSR count). The van der Waals surface area contributed by atoms with Gasteiger partial charge in [-0.25, -0.2) is 8.42 Å². The Morgan fingerprint density at radius 2 is 1.79 bits per heavy atom. The van der Waals surface area contributed by atoms with Gasteiger partial charge in [0.05, 0.1) is 22.0 Å². The summed E-state index contributed by atoms with van der Waals surface area (Å²) in [5.74, 6) is 0.0868. The smallest absolute Gasteiger partial charge is 0.422 e. The number of fused-ring (bicyclic) bond motifs is 1. The van der Waals surface area contributed by atoms with Crippen LogP contribution in [0.4, 0.5) is 18.9 Å². The lowest BCUT2D eigenvalue weighted by Crippen LogP contribution is -2.19. The van der Waals surface area contributed by atoms with E-state index in [0.29, 0.717) is 40.7 Å². The SMILES string of the molecule is N#Cc1c(-c2ccc(NS(=O)(=O)C3CC3)cc2)n(C2CCC2)c2cc(OCC(F)(F)F)ccc12. The Kier molecular flexibility index (Phi) is 5.47. The number of nitriles is 1. The Balaban J connectivity index is 1.56. The molecule has 0 atom stereocenters. The molecule has 2 fully saturated rings. The molecule has 0 spiro atoms. The molecule has 0 saturated heterocycles. The zero-order valence-electron chi connectivity index (χ0n) is 18.1. The summed E-state index contributed by atoms with van der Waals surface area (Å²) in [5, 5.41) is 10.3. The Morgan fingerprint density at radius 3 is 2.35 bits per heavy atom. The number of hydrogen-bond donors (Lipinski definition) is 1. The molecule has 2 aliphatic carbocycles. The molecule has 0 unspecified atom stereocenters. The number of hydrogen-bond acceptors (Lipinski definition) is 4. The van der Waals surface area contributed by atoms with Gasteiger partial charge < -0.3 is 9.30 Å². The van der Waals surface area contributed by atoms with Gasteiger partial charge in [-0.15, -0.1) is 0 Å². The molecule has 0 bridgehead atoms. The van der Waals surface area contributed by atoms with Crippen LogP contribution in [-0.2, 0) is 10.0 Å². The predicted molar refractivity (Wildman–Crippen MR) is 122 cm³/mol. The summed E-state index contributed by atoms with van der Waals surface area (Å²) in [7, 11) is -3.39. The Labute approximate surface area is 195 Å². The van der Waals surface area contributed by atoms with Crippen LogP contribution in [0.3, 0.4) is 0 Å². The number of anilines is 1. The topological polar surface area (TPSA) is 84.1 Å². The van der Waals surface area contributed by atoms with Gasteiger partial charge in [0.25, 0.3) is 0 Å². The third-order valence-electron chi connectivity index (χ3n) is 6.31. The van der Waals surface area contributed by atoms with Gasteiger partial charge in [-0.1, -0.05) is 12.1 Å². The lowest BCUT2D eigenvalue weighted by atomic mass is 9.92. The molecule has 6 nitrogen and oxygen atoms in total. The van der Waals surface area contributed by atoms with E-state index in [9.17, 15) is 26.9 Å². The summed E-state index contributed by atoms with van der Waals surface area (Å²) >= 11 is 0. The van der Waals surface area contributed by atoms with Gasteiger partial charge in [-0.05, 0) is 61.9 Å². The number of sulfonamides is 1. The van der Waals surface area contributed by atoms with Crippen LogP contribution in [0, 0.1) is 11.3 Å². The monoisotopic (exact) mass is 489 g/mol. The van der Waals surface area contributed by atoms with Crippen molar-refractivity contribution in [2.75, 3.05) is 11.3 Å². The molecule has 0 amide bonds. The highest BCUT2D eigenvalue weighted by atomic mass is 32.2. The van der Waals surface area contributed by atoms with E-state index in [2.05, 4.69) is 10.8 Å². The Hall–Kier alpha value is -3.19. The van der Waals surface area contributed by atoms with Crippen molar-refractivity contribution in [2.45, 2.75) is 49.6 Å². The van der Waals surface area contributed by atoms with E-state index in [1.54, 1.807) is 36.4 Å². The van der Waals surface area contributed by atoms with Crippen LogP contribution in [0.2, 0.25) is 0 Å². The maximum atomic E-state index is 12.6. The fourth-order valence-corrected chi connectivity index (χ4v) is 5.68. The number of alkyl halides is 3. The van der Waals surface area contributed by atoms with Gasteiger partial charge in [-0.3, -0.25) is 4.72 Å². The minimum absolute atomic E-state index is 0.0868.